The minimum atomic E-state index is -3.84. The Kier molecular flexibility index (Phi) is 6.62. The molecule has 3 N–H and O–H groups in total. The normalized spacial score (nSPS) is 15.7. The van der Waals surface area contributed by atoms with Crippen LogP contribution in [0, 0.1) is 0 Å². The predicted molar refractivity (Wildman–Crippen MR) is 131 cm³/mol. The van der Waals surface area contributed by atoms with Crippen molar-refractivity contribution in [3.63, 3.8) is 0 Å². The second kappa shape index (κ2) is 9.32. The van der Waals surface area contributed by atoms with Crippen molar-refractivity contribution in [2.75, 3.05) is 6.26 Å². The maximum absolute atomic E-state index is 13.0. The van der Waals surface area contributed by atoms with E-state index in [1.807, 2.05) is 12.1 Å². The molecule has 0 spiro atoms. The van der Waals surface area contributed by atoms with Crippen molar-refractivity contribution in [3.8, 4) is 11.1 Å². The van der Waals surface area contributed by atoms with Gasteiger partial charge in [-0.3, -0.25) is 14.8 Å². The number of sulfone groups is 1. The monoisotopic (exact) mass is 483 g/mol. The van der Waals surface area contributed by atoms with Gasteiger partial charge in [-0.25, -0.2) is 13.9 Å². The Morgan fingerprint density at radius 2 is 1.79 bits per heavy atom. The van der Waals surface area contributed by atoms with Gasteiger partial charge < -0.3 is 9.88 Å². The smallest absolute Gasteiger partial charge is 0.264 e. The molecule has 3 aromatic rings. The molecule has 180 valence electrons. The van der Waals surface area contributed by atoms with E-state index in [2.05, 4.69) is 29.6 Å². The molecule has 4 rings (SSSR count). The van der Waals surface area contributed by atoms with Crippen LogP contribution in [0.5, 0.6) is 0 Å². The number of aryl methyl sites for hydroxylation is 1. The number of hydrogen-bond acceptors (Lipinski definition) is 6. The SMILES string of the molecule is CC(CCn1ccc2cc(-c3ccc(CNC4CC4)cc3)ccc2c1=O)(C(=O)NO)S(C)(=O)=O. The number of amides is 1. The zero-order chi connectivity index (χ0) is 24.5. The third kappa shape index (κ3) is 4.91. The lowest BCUT2D eigenvalue weighted by Gasteiger charge is -2.25. The zero-order valence-electron chi connectivity index (χ0n) is 19.2. The summed E-state index contributed by atoms with van der Waals surface area (Å²) in [4.78, 5) is 25.0. The third-order valence-corrected chi connectivity index (χ3v) is 8.69. The van der Waals surface area contributed by atoms with E-state index in [9.17, 15) is 18.0 Å². The first-order valence-electron chi connectivity index (χ1n) is 11.2. The summed E-state index contributed by atoms with van der Waals surface area (Å²) >= 11 is 0. The van der Waals surface area contributed by atoms with E-state index >= 15 is 0 Å². The van der Waals surface area contributed by atoms with E-state index in [1.54, 1.807) is 18.3 Å². The lowest BCUT2D eigenvalue weighted by molar-refractivity contribution is -0.131. The second-order valence-corrected chi connectivity index (χ2v) is 11.6. The Morgan fingerprint density at radius 3 is 2.41 bits per heavy atom. The average molecular weight is 484 g/mol. The molecule has 1 aromatic heterocycles. The predicted octanol–water partition coefficient (Wildman–Crippen LogP) is 2.62. The van der Waals surface area contributed by atoms with E-state index in [4.69, 9.17) is 5.21 Å². The number of carbonyl (C=O) groups excluding carboxylic acids is 1. The largest absolute Gasteiger partial charge is 0.315 e. The van der Waals surface area contributed by atoms with Crippen molar-refractivity contribution >= 4 is 26.5 Å². The molecule has 34 heavy (non-hydrogen) atoms. The minimum Gasteiger partial charge on any atom is -0.315 e. The maximum Gasteiger partial charge on any atom is 0.264 e. The highest BCUT2D eigenvalue weighted by molar-refractivity contribution is 7.92. The molecule has 1 fully saturated rings. The average Bonchev–Trinajstić information content (AvgIpc) is 3.65. The van der Waals surface area contributed by atoms with E-state index in [0.717, 1.165) is 29.3 Å². The molecule has 8 nitrogen and oxygen atoms in total. The van der Waals surface area contributed by atoms with E-state index in [-0.39, 0.29) is 18.5 Å². The standard InChI is InChI=1S/C25H29N3O5S/c1-25(24(30)27-31,34(2,32)33)12-14-28-13-11-20-15-19(7-10-22(20)23(28)29)18-5-3-17(4-6-18)16-26-21-8-9-21/h3-7,10-11,13,15,21,26,31H,8-9,12,14,16H2,1-2H3,(H,27,30). The number of hydrogen-bond donors (Lipinski definition) is 3. The number of fused-ring (bicyclic) bond motifs is 1. The first-order valence-corrected chi connectivity index (χ1v) is 13.1. The number of aromatic nitrogens is 1. The van der Waals surface area contributed by atoms with Gasteiger partial charge in [-0.05, 0) is 66.5 Å². The fourth-order valence-electron chi connectivity index (χ4n) is 3.93. The molecule has 1 atom stereocenters. The van der Waals surface area contributed by atoms with Crippen LogP contribution in [-0.4, -0.2) is 41.1 Å². The van der Waals surface area contributed by atoms with Crippen LogP contribution in [0.4, 0.5) is 0 Å². The molecule has 9 heteroatoms. The third-order valence-electron chi connectivity index (χ3n) is 6.67. The minimum absolute atomic E-state index is 0.00384. The first-order chi connectivity index (χ1) is 16.1. The number of hydroxylamine groups is 1. The molecule has 0 saturated heterocycles. The highest BCUT2D eigenvalue weighted by atomic mass is 32.2. The molecule has 1 amide bonds. The van der Waals surface area contributed by atoms with E-state index in [0.29, 0.717) is 11.4 Å². The van der Waals surface area contributed by atoms with Crippen molar-refractivity contribution in [2.24, 2.45) is 0 Å². The number of benzene rings is 2. The zero-order valence-corrected chi connectivity index (χ0v) is 20.1. The number of nitrogens with one attached hydrogen (secondary N) is 2. The maximum atomic E-state index is 13.0. The molecule has 2 aromatic carbocycles. The number of nitrogens with zero attached hydrogens (tertiary/aromatic N) is 1. The topological polar surface area (TPSA) is 118 Å². The fourth-order valence-corrected chi connectivity index (χ4v) is 4.77. The summed E-state index contributed by atoms with van der Waals surface area (Å²) < 4.78 is 23.9. The Balaban J connectivity index is 1.54. The Morgan fingerprint density at radius 1 is 1.12 bits per heavy atom. The lowest BCUT2D eigenvalue weighted by Crippen LogP contribution is -2.49. The highest BCUT2D eigenvalue weighted by Gasteiger charge is 2.43. The molecule has 0 bridgehead atoms. The van der Waals surface area contributed by atoms with Crippen molar-refractivity contribution in [2.45, 2.75) is 50.1 Å². The first kappa shape index (κ1) is 24.1. The van der Waals surface area contributed by atoms with Gasteiger partial charge in [-0.15, -0.1) is 0 Å². The molecule has 1 aliphatic carbocycles. The molecule has 1 unspecified atom stereocenters. The van der Waals surface area contributed by atoms with Crippen molar-refractivity contribution < 1.29 is 18.4 Å². The van der Waals surface area contributed by atoms with Crippen LogP contribution in [0.15, 0.2) is 59.5 Å². The van der Waals surface area contributed by atoms with Crippen LogP contribution >= 0.6 is 0 Å². The summed E-state index contributed by atoms with van der Waals surface area (Å²) in [6, 6.07) is 16.4. The Labute approximate surface area is 198 Å². The van der Waals surface area contributed by atoms with Crippen molar-refractivity contribution in [1.29, 1.82) is 0 Å². The van der Waals surface area contributed by atoms with Gasteiger partial charge in [0.15, 0.2) is 14.6 Å². The van der Waals surface area contributed by atoms with Crippen LogP contribution in [0.3, 0.4) is 0 Å². The van der Waals surface area contributed by atoms with Gasteiger partial charge in [0.2, 0.25) is 0 Å². The van der Waals surface area contributed by atoms with Gasteiger partial charge >= 0.3 is 0 Å². The number of rotatable bonds is 9. The molecule has 1 saturated carbocycles. The quantitative estimate of drug-likeness (QED) is 0.318. The number of pyridine rings is 1. The molecule has 0 aliphatic heterocycles. The van der Waals surface area contributed by atoms with Gasteiger partial charge in [-0.1, -0.05) is 30.3 Å². The fraction of sp³-hybridized carbons (Fsp3) is 0.360. The van der Waals surface area contributed by atoms with Crippen LogP contribution < -0.4 is 16.4 Å². The summed E-state index contributed by atoms with van der Waals surface area (Å²) in [7, 11) is -3.84. The highest BCUT2D eigenvalue weighted by Crippen LogP contribution is 2.25. The van der Waals surface area contributed by atoms with Crippen LogP contribution in [0.25, 0.3) is 21.9 Å². The van der Waals surface area contributed by atoms with Gasteiger partial charge in [0.25, 0.3) is 11.5 Å². The summed E-state index contributed by atoms with van der Waals surface area (Å²) in [6.45, 7) is 2.10. The summed E-state index contributed by atoms with van der Waals surface area (Å²) in [6.07, 6.45) is 4.88. The van der Waals surface area contributed by atoms with Gasteiger partial charge in [0, 0.05) is 37.0 Å². The van der Waals surface area contributed by atoms with Crippen LogP contribution in [0.1, 0.15) is 31.7 Å². The Hall–Kier alpha value is -3.01. The molecule has 1 aliphatic rings. The van der Waals surface area contributed by atoms with Crippen LogP contribution in [-0.2, 0) is 27.7 Å². The lowest BCUT2D eigenvalue weighted by atomic mass is 10.0. The summed E-state index contributed by atoms with van der Waals surface area (Å²) in [5, 5.41) is 13.8. The van der Waals surface area contributed by atoms with Gasteiger partial charge in [0.05, 0.1) is 0 Å². The molecule has 0 radical (unpaired) electrons. The van der Waals surface area contributed by atoms with Crippen molar-refractivity contribution in [1.82, 2.24) is 15.4 Å². The summed E-state index contributed by atoms with van der Waals surface area (Å²) in [5.74, 6) is -1.03. The number of carbonyl (C=O) groups is 1. The Bertz CT molecular complexity index is 1380. The molecular formula is C25H29N3O5S. The molecule has 1 heterocycles. The molecular weight excluding hydrogens is 454 g/mol. The van der Waals surface area contributed by atoms with E-state index in [1.165, 1.54) is 35.4 Å². The second-order valence-electron chi connectivity index (χ2n) is 9.16. The summed E-state index contributed by atoms with van der Waals surface area (Å²) in [5.41, 5.74) is 4.43. The van der Waals surface area contributed by atoms with Gasteiger partial charge in [-0.2, -0.15) is 0 Å². The van der Waals surface area contributed by atoms with E-state index < -0.39 is 20.5 Å². The van der Waals surface area contributed by atoms with Gasteiger partial charge in [0.1, 0.15) is 0 Å². The van der Waals surface area contributed by atoms with Crippen LogP contribution in [0.2, 0.25) is 0 Å². The van der Waals surface area contributed by atoms with Crippen molar-refractivity contribution in [3.05, 3.63) is 70.6 Å².